The Morgan fingerprint density at radius 1 is 0.964 bits per heavy atom. The summed E-state index contributed by atoms with van der Waals surface area (Å²) in [5.41, 5.74) is 3.54. The van der Waals surface area contributed by atoms with Crippen molar-refractivity contribution in [3.63, 3.8) is 0 Å². The van der Waals surface area contributed by atoms with Crippen LogP contribution in [0, 0.1) is 6.92 Å². The first kappa shape index (κ1) is 18.1. The van der Waals surface area contributed by atoms with Crippen LogP contribution in [0.15, 0.2) is 48.5 Å². The predicted octanol–water partition coefficient (Wildman–Crippen LogP) is 5.04. The number of benzene rings is 2. The lowest BCUT2D eigenvalue weighted by atomic mass is 9.84. The highest BCUT2D eigenvalue weighted by Gasteiger charge is 2.43. The molecule has 28 heavy (non-hydrogen) atoms. The first-order valence-electron chi connectivity index (χ1n) is 10.4. The normalized spacial score (nSPS) is 26.8. The largest absolute Gasteiger partial charge is 0.489 e. The van der Waals surface area contributed by atoms with Gasteiger partial charge in [0.15, 0.2) is 0 Å². The number of carbonyl (C=O) groups excluding carboxylic acids is 1. The van der Waals surface area contributed by atoms with Gasteiger partial charge in [-0.3, -0.25) is 4.79 Å². The number of hydrogen-bond donors (Lipinski definition) is 0. The van der Waals surface area contributed by atoms with E-state index in [2.05, 4.69) is 36.1 Å². The van der Waals surface area contributed by atoms with Gasteiger partial charge in [-0.05, 0) is 68.4 Å². The standard InChI is InChI=1S/C24H27NO2S/c1-16-2-4-17(5-3-16)19-12-20-8-9-21(13-19)25(20)24(26)18-6-10-22(11-7-18)27-23-14-28-15-23/h2-7,10-11,19-21,23H,8-9,12-15H2,1H3. The maximum Gasteiger partial charge on any atom is 0.254 e. The lowest BCUT2D eigenvalue weighted by Gasteiger charge is -2.39. The summed E-state index contributed by atoms with van der Waals surface area (Å²) in [6.07, 6.45) is 4.79. The summed E-state index contributed by atoms with van der Waals surface area (Å²) in [7, 11) is 0. The molecule has 0 saturated carbocycles. The molecule has 3 heterocycles. The third-order valence-electron chi connectivity index (χ3n) is 6.53. The average molecular weight is 394 g/mol. The molecular weight excluding hydrogens is 366 g/mol. The van der Waals surface area contributed by atoms with Crippen molar-refractivity contribution in [3.8, 4) is 5.75 Å². The molecule has 3 saturated heterocycles. The van der Waals surface area contributed by atoms with Crippen molar-refractivity contribution in [2.75, 3.05) is 11.5 Å². The average Bonchev–Trinajstić information content (AvgIpc) is 2.94. The minimum Gasteiger partial charge on any atom is -0.489 e. The molecule has 0 radical (unpaired) electrons. The Labute approximate surface area is 171 Å². The topological polar surface area (TPSA) is 29.5 Å². The highest BCUT2D eigenvalue weighted by atomic mass is 32.2. The van der Waals surface area contributed by atoms with E-state index in [4.69, 9.17) is 4.74 Å². The first-order chi connectivity index (χ1) is 13.7. The van der Waals surface area contributed by atoms with E-state index in [0.717, 1.165) is 48.5 Å². The molecule has 3 aliphatic rings. The van der Waals surface area contributed by atoms with E-state index in [1.165, 1.54) is 11.1 Å². The molecule has 5 rings (SSSR count). The number of aryl methyl sites for hydroxylation is 1. The van der Waals surface area contributed by atoms with E-state index in [9.17, 15) is 4.79 Å². The Bertz CT molecular complexity index is 830. The van der Waals surface area contributed by atoms with Crippen molar-refractivity contribution < 1.29 is 9.53 Å². The van der Waals surface area contributed by atoms with Crippen LogP contribution >= 0.6 is 11.8 Å². The molecule has 146 valence electrons. The monoisotopic (exact) mass is 393 g/mol. The third-order valence-corrected chi connectivity index (χ3v) is 7.74. The minimum absolute atomic E-state index is 0.195. The lowest BCUT2D eigenvalue weighted by Crippen LogP contribution is -2.46. The first-order valence-corrected chi connectivity index (χ1v) is 11.6. The Hall–Kier alpha value is -1.94. The Morgan fingerprint density at radius 3 is 2.18 bits per heavy atom. The number of nitrogens with zero attached hydrogens (tertiary/aromatic N) is 1. The summed E-state index contributed by atoms with van der Waals surface area (Å²) < 4.78 is 5.91. The number of rotatable bonds is 4. The van der Waals surface area contributed by atoms with Gasteiger partial charge in [0, 0.05) is 29.2 Å². The van der Waals surface area contributed by atoms with Gasteiger partial charge in [0.25, 0.3) is 5.91 Å². The molecule has 2 aromatic carbocycles. The fourth-order valence-electron chi connectivity index (χ4n) is 4.92. The molecule has 1 amide bonds. The zero-order valence-corrected chi connectivity index (χ0v) is 17.2. The zero-order chi connectivity index (χ0) is 19.1. The number of thioether (sulfide) groups is 1. The maximum atomic E-state index is 13.2. The molecule has 2 aromatic rings. The number of hydrogen-bond acceptors (Lipinski definition) is 3. The highest BCUT2D eigenvalue weighted by molar-refractivity contribution is 8.00. The zero-order valence-electron chi connectivity index (χ0n) is 16.3. The fourth-order valence-corrected chi connectivity index (χ4v) is 5.48. The second-order valence-electron chi connectivity index (χ2n) is 8.48. The van der Waals surface area contributed by atoms with Crippen LogP contribution in [0.5, 0.6) is 5.75 Å². The van der Waals surface area contributed by atoms with E-state index in [1.807, 2.05) is 36.0 Å². The molecule has 2 unspecified atom stereocenters. The van der Waals surface area contributed by atoms with Crippen molar-refractivity contribution in [2.24, 2.45) is 0 Å². The summed E-state index contributed by atoms with van der Waals surface area (Å²) in [6.45, 7) is 2.14. The molecule has 2 atom stereocenters. The summed E-state index contributed by atoms with van der Waals surface area (Å²) in [5, 5.41) is 0. The van der Waals surface area contributed by atoms with E-state index < -0.39 is 0 Å². The number of ether oxygens (including phenoxy) is 1. The van der Waals surface area contributed by atoms with Crippen LogP contribution < -0.4 is 4.74 Å². The van der Waals surface area contributed by atoms with Crippen molar-refractivity contribution in [3.05, 3.63) is 65.2 Å². The molecule has 0 aromatic heterocycles. The summed E-state index contributed by atoms with van der Waals surface area (Å²) >= 11 is 1.91. The SMILES string of the molecule is Cc1ccc(C2CC3CCC(C2)N3C(=O)c2ccc(OC3CSC3)cc2)cc1. The van der Waals surface area contributed by atoms with E-state index in [-0.39, 0.29) is 5.91 Å². The molecule has 0 spiro atoms. The summed E-state index contributed by atoms with van der Waals surface area (Å²) in [4.78, 5) is 15.4. The molecule has 0 aliphatic carbocycles. The molecule has 4 heteroatoms. The molecule has 2 bridgehead atoms. The van der Waals surface area contributed by atoms with E-state index in [1.54, 1.807) is 0 Å². The van der Waals surface area contributed by atoms with Crippen LogP contribution in [-0.4, -0.2) is 40.5 Å². The van der Waals surface area contributed by atoms with Gasteiger partial charge in [0.1, 0.15) is 11.9 Å². The third kappa shape index (κ3) is 3.43. The predicted molar refractivity (Wildman–Crippen MR) is 114 cm³/mol. The molecule has 3 nitrogen and oxygen atoms in total. The van der Waals surface area contributed by atoms with Crippen molar-refractivity contribution >= 4 is 17.7 Å². The molecular formula is C24H27NO2S. The highest BCUT2D eigenvalue weighted by Crippen LogP contribution is 2.43. The lowest BCUT2D eigenvalue weighted by molar-refractivity contribution is 0.0571. The van der Waals surface area contributed by atoms with Crippen LogP contribution in [-0.2, 0) is 0 Å². The van der Waals surface area contributed by atoms with Gasteiger partial charge in [-0.25, -0.2) is 0 Å². The van der Waals surface area contributed by atoms with E-state index >= 15 is 0 Å². The van der Waals surface area contributed by atoms with Crippen LogP contribution in [0.1, 0.15) is 53.1 Å². The smallest absolute Gasteiger partial charge is 0.254 e. The summed E-state index contributed by atoms with van der Waals surface area (Å²) in [5.74, 6) is 3.79. The van der Waals surface area contributed by atoms with Gasteiger partial charge in [-0.2, -0.15) is 11.8 Å². The van der Waals surface area contributed by atoms with Crippen molar-refractivity contribution in [2.45, 2.75) is 56.7 Å². The molecule has 3 fully saturated rings. The molecule has 3 aliphatic heterocycles. The van der Waals surface area contributed by atoms with Gasteiger partial charge in [0.2, 0.25) is 0 Å². The second kappa shape index (κ2) is 7.47. The minimum atomic E-state index is 0.195. The molecule has 0 N–H and O–H groups in total. The summed E-state index contributed by atoms with van der Waals surface area (Å²) in [6, 6.07) is 17.5. The Balaban J connectivity index is 1.27. The van der Waals surface area contributed by atoms with Crippen LogP contribution in [0.25, 0.3) is 0 Å². The second-order valence-corrected chi connectivity index (χ2v) is 9.55. The van der Waals surface area contributed by atoms with Crippen LogP contribution in [0.2, 0.25) is 0 Å². The number of piperidine rings is 1. The quantitative estimate of drug-likeness (QED) is 0.729. The van der Waals surface area contributed by atoms with E-state index in [0.29, 0.717) is 24.1 Å². The van der Waals surface area contributed by atoms with Crippen LogP contribution in [0.4, 0.5) is 0 Å². The Kier molecular flexibility index (Phi) is 4.83. The maximum absolute atomic E-state index is 13.2. The Morgan fingerprint density at radius 2 is 1.61 bits per heavy atom. The fraction of sp³-hybridized carbons (Fsp3) is 0.458. The number of fused-ring (bicyclic) bond motifs is 2. The van der Waals surface area contributed by atoms with Gasteiger partial charge >= 0.3 is 0 Å². The van der Waals surface area contributed by atoms with Crippen molar-refractivity contribution in [1.82, 2.24) is 4.90 Å². The number of amides is 1. The van der Waals surface area contributed by atoms with Crippen LogP contribution in [0.3, 0.4) is 0 Å². The number of carbonyl (C=O) groups is 1. The van der Waals surface area contributed by atoms with Gasteiger partial charge < -0.3 is 9.64 Å². The van der Waals surface area contributed by atoms with Gasteiger partial charge in [0.05, 0.1) is 0 Å². The van der Waals surface area contributed by atoms with Gasteiger partial charge in [-0.15, -0.1) is 0 Å². The van der Waals surface area contributed by atoms with Gasteiger partial charge in [-0.1, -0.05) is 29.8 Å². The van der Waals surface area contributed by atoms with Crippen molar-refractivity contribution in [1.29, 1.82) is 0 Å².